The Bertz CT molecular complexity index is 268. The quantitative estimate of drug-likeness (QED) is 0.848. The molecule has 1 unspecified atom stereocenters. The molecule has 1 aromatic rings. The topological polar surface area (TPSA) is 38.9 Å². The van der Waals surface area contributed by atoms with E-state index in [1.807, 2.05) is 29.7 Å². The maximum atomic E-state index is 5.55. The summed E-state index contributed by atoms with van der Waals surface area (Å²) in [5, 5.41) is 1.88. The molecule has 1 aromatic heterocycles. The van der Waals surface area contributed by atoms with Crippen molar-refractivity contribution in [2.45, 2.75) is 11.8 Å². The SMILES string of the molecule is NCc1cnc(C2CSCCS2)s1. The fourth-order valence-corrected chi connectivity index (χ4v) is 4.98. The average Bonchev–Trinajstić information content (AvgIpc) is 2.67. The second-order valence-electron chi connectivity index (χ2n) is 2.80. The van der Waals surface area contributed by atoms with Gasteiger partial charge < -0.3 is 5.73 Å². The van der Waals surface area contributed by atoms with Crippen LogP contribution in [0.15, 0.2) is 6.20 Å². The molecule has 2 nitrogen and oxygen atoms in total. The van der Waals surface area contributed by atoms with E-state index in [-0.39, 0.29) is 0 Å². The Kier molecular flexibility index (Phi) is 3.54. The van der Waals surface area contributed by atoms with Crippen LogP contribution in [0, 0.1) is 0 Å². The highest BCUT2D eigenvalue weighted by atomic mass is 32.2. The summed E-state index contributed by atoms with van der Waals surface area (Å²) in [6.45, 7) is 0.627. The van der Waals surface area contributed by atoms with Crippen molar-refractivity contribution in [2.24, 2.45) is 5.73 Å². The Morgan fingerprint density at radius 3 is 3.08 bits per heavy atom. The van der Waals surface area contributed by atoms with E-state index in [1.54, 1.807) is 11.3 Å². The molecular weight excluding hydrogens is 220 g/mol. The van der Waals surface area contributed by atoms with Gasteiger partial charge in [-0.2, -0.15) is 11.8 Å². The highest BCUT2D eigenvalue weighted by Gasteiger charge is 2.19. The standard InChI is InChI=1S/C8H12N2S3/c9-3-6-4-10-8(13-6)7-5-11-1-2-12-7/h4,7H,1-3,5,9H2. The number of aromatic nitrogens is 1. The molecule has 2 heterocycles. The summed E-state index contributed by atoms with van der Waals surface area (Å²) in [7, 11) is 0. The van der Waals surface area contributed by atoms with Crippen LogP contribution in [0.4, 0.5) is 0 Å². The third-order valence-corrected chi connectivity index (χ3v) is 5.91. The van der Waals surface area contributed by atoms with Crippen LogP contribution in [0.3, 0.4) is 0 Å². The summed E-state index contributed by atoms with van der Waals surface area (Å²) < 4.78 is 0. The third kappa shape index (κ3) is 2.40. The third-order valence-electron chi connectivity index (χ3n) is 1.86. The van der Waals surface area contributed by atoms with Crippen molar-refractivity contribution in [1.29, 1.82) is 0 Å². The molecule has 0 bridgehead atoms. The predicted molar refractivity (Wildman–Crippen MR) is 62.5 cm³/mol. The van der Waals surface area contributed by atoms with Crippen molar-refractivity contribution in [2.75, 3.05) is 17.3 Å². The predicted octanol–water partition coefficient (Wildman–Crippen LogP) is 2.12. The van der Waals surface area contributed by atoms with Crippen molar-refractivity contribution < 1.29 is 0 Å². The molecule has 13 heavy (non-hydrogen) atoms. The fraction of sp³-hybridized carbons (Fsp3) is 0.625. The summed E-state index contributed by atoms with van der Waals surface area (Å²) in [6, 6.07) is 0. The van der Waals surface area contributed by atoms with E-state index < -0.39 is 0 Å². The minimum atomic E-state index is 0.615. The van der Waals surface area contributed by atoms with E-state index in [1.165, 1.54) is 27.1 Å². The lowest BCUT2D eigenvalue weighted by Gasteiger charge is -2.18. The second-order valence-corrected chi connectivity index (χ2v) is 6.41. The Morgan fingerprint density at radius 1 is 1.54 bits per heavy atom. The first-order valence-corrected chi connectivity index (χ1v) is 7.26. The first-order valence-electron chi connectivity index (χ1n) is 4.24. The normalized spacial score (nSPS) is 23.3. The van der Waals surface area contributed by atoms with E-state index in [0.29, 0.717) is 11.8 Å². The second kappa shape index (κ2) is 4.68. The summed E-state index contributed by atoms with van der Waals surface area (Å²) in [5.41, 5.74) is 5.55. The maximum absolute atomic E-state index is 5.55. The molecule has 1 atom stereocenters. The average molecular weight is 232 g/mol. The number of thioether (sulfide) groups is 2. The zero-order valence-corrected chi connectivity index (χ0v) is 9.68. The lowest BCUT2D eigenvalue weighted by atomic mass is 10.5. The zero-order chi connectivity index (χ0) is 9.10. The zero-order valence-electron chi connectivity index (χ0n) is 7.23. The number of thiazole rings is 1. The number of rotatable bonds is 2. The molecule has 1 aliphatic rings. The molecule has 0 aliphatic carbocycles. The molecule has 2 N–H and O–H groups in total. The molecule has 0 amide bonds. The van der Waals surface area contributed by atoms with Crippen LogP contribution in [-0.2, 0) is 6.54 Å². The maximum Gasteiger partial charge on any atom is 0.107 e. The summed E-state index contributed by atoms with van der Waals surface area (Å²) in [5.74, 6) is 3.76. The van der Waals surface area contributed by atoms with Crippen LogP contribution >= 0.6 is 34.9 Å². The van der Waals surface area contributed by atoms with Gasteiger partial charge in [-0.1, -0.05) is 0 Å². The fourth-order valence-electron chi connectivity index (χ4n) is 1.20. The molecule has 1 fully saturated rings. The molecule has 0 radical (unpaired) electrons. The van der Waals surface area contributed by atoms with Gasteiger partial charge in [-0.05, 0) is 0 Å². The van der Waals surface area contributed by atoms with Crippen LogP contribution in [0.25, 0.3) is 0 Å². The van der Waals surface area contributed by atoms with Gasteiger partial charge in [0.05, 0.1) is 5.25 Å². The van der Waals surface area contributed by atoms with Crippen molar-refractivity contribution in [3.8, 4) is 0 Å². The summed E-state index contributed by atoms with van der Waals surface area (Å²) >= 11 is 5.82. The van der Waals surface area contributed by atoms with Crippen molar-refractivity contribution in [3.63, 3.8) is 0 Å². The molecule has 1 aliphatic heterocycles. The Hall–Kier alpha value is 0.290. The van der Waals surface area contributed by atoms with Gasteiger partial charge in [0.2, 0.25) is 0 Å². The van der Waals surface area contributed by atoms with Gasteiger partial charge in [0.25, 0.3) is 0 Å². The molecular formula is C8H12N2S3. The Labute approximate surface area is 90.7 Å². The molecule has 0 aromatic carbocycles. The van der Waals surface area contributed by atoms with Crippen LogP contribution in [0.5, 0.6) is 0 Å². The molecule has 2 rings (SSSR count). The van der Waals surface area contributed by atoms with E-state index in [0.717, 1.165) is 0 Å². The van der Waals surface area contributed by atoms with Crippen LogP contribution in [0.2, 0.25) is 0 Å². The van der Waals surface area contributed by atoms with Crippen LogP contribution < -0.4 is 5.73 Å². The van der Waals surface area contributed by atoms with E-state index in [9.17, 15) is 0 Å². The van der Waals surface area contributed by atoms with Gasteiger partial charge in [0.1, 0.15) is 5.01 Å². The van der Waals surface area contributed by atoms with Gasteiger partial charge in [0, 0.05) is 34.9 Å². The van der Waals surface area contributed by atoms with Crippen LogP contribution in [0.1, 0.15) is 15.1 Å². The van der Waals surface area contributed by atoms with Gasteiger partial charge in [0.15, 0.2) is 0 Å². The summed E-state index contributed by atoms with van der Waals surface area (Å²) in [4.78, 5) is 5.62. The molecule has 0 saturated carbocycles. The summed E-state index contributed by atoms with van der Waals surface area (Å²) in [6.07, 6.45) is 1.92. The number of nitrogens with two attached hydrogens (primary N) is 1. The molecule has 5 heteroatoms. The minimum Gasteiger partial charge on any atom is -0.326 e. The largest absolute Gasteiger partial charge is 0.326 e. The van der Waals surface area contributed by atoms with Gasteiger partial charge in [-0.15, -0.1) is 23.1 Å². The van der Waals surface area contributed by atoms with Crippen LogP contribution in [-0.4, -0.2) is 22.2 Å². The van der Waals surface area contributed by atoms with Crippen molar-refractivity contribution in [3.05, 3.63) is 16.1 Å². The van der Waals surface area contributed by atoms with Crippen molar-refractivity contribution >= 4 is 34.9 Å². The monoisotopic (exact) mass is 232 g/mol. The lowest BCUT2D eigenvalue weighted by Crippen LogP contribution is -2.05. The Balaban J connectivity index is 2.05. The number of hydrogen-bond donors (Lipinski definition) is 1. The highest BCUT2D eigenvalue weighted by Crippen LogP contribution is 2.38. The molecule has 1 saturated heterocycles. The van der Waals surface area contributed by atoms with E-state index >= 15 is 0 Å². The lowest BCUT2D eigenvalue weighted by molar-refractivity contribution is 1.05. The number of nitrogens with zero attached hydrogens (tertiary/aromatic N) is 1. The number of hydrogen-bond acceptors (Lipinski definition) is 5. The van der Waals surface area contributed by atoms with Crippen molar-refractivity contribution in [1.82, 2.24) is 4.98 Å². The van der Waals surface area contributed by atoms with E-state index in [2.05, 4.69) is 4.98 Å². The van der Waals surface area contributed by atoms with Gasteiger partial charge >= 0.3 is 0 Å². The minimum absolute atomic E-state index is 0.615. The molecule has 0 spiro atoms. The van der Waals surface area contributed by atoms with E-state index in [4.69, 9.17) is 5.73 Å². The highest BCUT2D eigenvalue weighted by molar-refractivity contribution is 8.06. The van der Waals surface area contributed by atoms with Gasteiger partial charge in [-0.3, -0.25) is 0 Å². The Morgan fingerprint density at radius 2 is 2.46 bits per heavy atom. The first-order chi connectivity index (χ1) is 6.40. The molecule has 72 valence electrons. The smallest absolute Gasteiger partial charge is 0.107 e. The first kappa shape index (κ1) is 9.83. The van der Waals surface area contributed by atoms with Gasteiger partial charge in [-0.25, -0.2) is 4.98 Å².